The number of ether oxygens (including phenoxy) is 3. The highest BCUT2D eigenvalue weighted by Gasteiger charge is 2.57. The molecule has 9 heteroatoms. The molecule has 0 N–H and O–H groups in total. The molecule has 2 aliphatic heterocycles. The Labute approximate surface area is 255 Å². The SMILES string of the molecule is COc1cc([C@H]2OC3(CCOCC3)c3c2c(C(C)C)nc2c3[C@@H](O[Si](C)(C)C(C)(C)C)CC3(CC3)C2)ccc1C(F)(F)F. The van der Waals surface area contributed by atoms with Gasteiger partial charge in [-0.15, -0.1) is 0 Å². The molecule has 1 aromatic heterocycles. The zero-order valence-corrected chi connectivity index (χ0v) is 27.8. The van der Waals surface area contributed by atoms with E-state index in [4.69, 9.17) is 23.6 Å². The highest BCUT2D eigenvalue weighted by molar-refractivity contribution is 6.74. The topological polar surface area (TPSA) is 49.8 Å². The Bertz CT molecular complexity index is 1400. The minimum absolute atomic E-state index is 0.0436. The number of alkyl halides is 3. The molecule has 0 unspecified atom stereocenters. The highest BCUT2D eigenvalue weighted by Crippen LogP contribution is 2.63. The van der Waals surface area contributed by atoms with Crippen LogP contribution < -0.4 is 4.74 Å². The fourth-order valence-electron chi connectivity index (χ4n) is 7.23. The molecule has 2 atom stereocenters. The molecule has 43 heavy (non-hydrogen) atoms. The summed E-state index contributed by atoms with van der Waals surface area (Å²) in [5, 5.41) is 0.0436. The second-order valence-electron chi connectivity index (χ2n) is 15.1. The van der Waals surface area contributed by atoms with E-state index in [-0.39, 0.29) is 28.2 Å². The smallest absolute Gasteiger partial charge is 0.419 e. The molecule has 236 valence electrons. The number of hydrogen-bond acceptors (Lipinski definition) is 5. The van der Waals surface area contributed by atoms with Crippen LogP contribution in [0.1, 0.15) is 124 Å². The van der Waals surface area contributed by atoms with Gasteiger partial charge in [-0.3, -0.25) is 4.98 Å². The number of fused-ring (bicyclic) bond motifs is 4. The monoisotopic (exact) mass is 617 g/mol. The van der Waals surface area contributed by atoms with Crippen molar-refractivity contribution in [1.29, 1.82) is 0 Å². The minimum atomic E-state index is -4.52. The van der Waals surface area contributed by atoms with E-state index in [0.29, 0.717) is 31.6 Å². The van der Waals surface area contributed by atoms with E-state index in [1.807, 2.05) is 0 Å². The number of halogens is 3. The quantitative estimate of drug-likeness (QED) is 0.313. The van der Waals surface area contributed by atoms with Crippen molar-refractivity contribution in [2.45, 2.75) is 121 Å². The summed E-state index contributed by atoms with van der Waals surface area (Å²) in [5.41, 5.74) is 4.97. The van der Waals surface area contributed by atoms with Gasteiger partial charge in [0.05, 0.1) is 24.4 Å². The van der Waals surface area contributed by atoms with Crippen LogP contribution in [-0.2, 0) is 32.1 Å². The van der Waals surface area contributed by atoms with Gasteiger partial charge in [0.15, 0.2) is 8.32 Å². The number of rotatable bonds is 5. The van der Waals surface area contributed by atoms with Crippen molar-refractivity contribution >= 4 is 8.32 Å². The molecule has 4 aliphatic rings. The highest BCUT2D eigenvalue weighted by atomic mass is 28.4. The van der Waals surface area contributed by atoms with Crippen molar-refractivity contribution in [1.82, 2.24) is 4.98 Å². The Morgan fingerprint density at radius 2 is 1.70 bits per heavy atom. The Hall–Kier alpha value is -1.94. The van der Waals surface area contributed by atoms with E-state index in [2.05, 4.69) is 47.7 Å². The van der Waals surface area contributed by atoms with Crippen molar-refractivity contribution in [2.24, 2.45) is 5.41 Å². The number of aromatic nitrogens is 1. The van der Waals surface area contributed by atoms with Crippen LogP contribution in [0.3, 0.4) is 0 Å². The van der Waals surface area contributed by atoms with Crippen LogP contribution in [0.15, 0.2) is 18.2 Å². The Balaban J connectivity index is 1.59. The summed E-state index contributed by atoms with van der Waals surface area (Å²) in [6.07, 6.45) is 0.512. The number of hydrogen-bond donors (Lipinski definition) is 0. The summed E-state index contributed by atoms with van der Waals surface area (Å²) in [5.74, 6) is -0.0942. The second kappa shape index (κ2) is 10.3. The molecule has 5 nitrogen and oxygen atoms in total. The van der Waals surface area contributed by atoms with E-state index in [9.17, 15) is 13.2 Å². The Kier molecular flexibility index (Phi) is 7.43. The molecular weight excluding hydrogens is 571 g/mol. The summed E-state index contributed by atoms with van der Waals surface area (Å²) in [6, 6.07) is 4.17. The van der Waals surface area contributed by atoms with Gasteiger partial charge in [0, 0.05) is 48.6 Å². The van der Waals surface area contributed by atoms with Crippen LogP contribution in [-0.4, -0.2) is 33.6 Å². The lowest BCUT2D eigenvalue weighted by molar-refractivity contribution is -0.139. The third-order valence-electron chi connectivity index (χ3n) is 10.8. The molecule has 2 spiro atoms. The van der Waals surface area contributed by atoms with E-state index < -0.39 is 31.8 Å². The summed E-state index contributed by atoms with van der Waals surface area (Å²) in [6.45, 7) is 16.9. The van der Waals surface area contributed by atoms with Crippen molar-refractivity contribution in [3.05, 3.63) is 57.4 Å². The van der Waals surface area contributed by atoms with Crippen molar-refractivity contribution < 1.29 is 31.8 Å². The molecule has 1 aromatic carbocycles. The van der Waals surface area contributed by atoms with E-state index in [1.54, 1.807) is 6.07 Å². The van der Waals surface area contributed by atoms with Gasteiger partial charge in [-0.25, -0.2) is 0 Å². The first-order valence-electron chi connectivity index (χ1n) is 15.8. The van der Waals surface area contributed by atoms with Gasteiger partial charge in [0.25, 0.3) is 0 Å². The average Bonchev–Trinajstić information content (AvgIpc) is 3.58. The summed E-state index contributed by atoms with van der Waals surface area (Å²) in [4.78, 5) is 5.43. The minimum Gasteiger partial charge on any atom is -0.496 e. The van der Waals surface area contributed by atoms with Crippen molar-refractivity contribution in [3.63, 3.8) is 0 Å². The average molecular weight is 618 g/mol. The van der Waals surface area contributed by atoms with E-state index in [0.717, 1.165) is 35.9 Å². The van der Waals surface area contributed by atoms with Gasteiger partial charge in [0.2, 0.25) is 0 Å². The number of benzene rings is 1. The number of nitrogens with zero attached hydrogens (tertiary/aromatic N) is 1. The van der Waals surface area contributed by atoms with Gasteiger partial charge < -0.3 is 18.6 Å². The Morgan fingerprint density at radius 3 is 2.26 bits per heavy atom. The third kappa shape index (κ3) is 5.26. The van der Waals surface area contributed by atoms with Crippen LogP contribution in [0.5, 0.6) is 5.75 Å². The van der Waals surface area contributed by atoms with Crippen molar-refractivity contribution in [3.8, 4) is 5.75 Å². The molecule has 1 saturated carbocycles. The number of pyridine rings is 1. The Morgan fingerprint density at radius 1 is 1.02 bits per heavy atom. The van der Waals surface area contributed by atoms with E-state index >= 15 is 0 Å². The first kappa shape index (κ1) is 31.1. The van der Waals surface area contributed by atoms with Crippen LogP contribution in [0.25, 0.3) is 0 Å². The van der Waals surface area contributed by atoms with E-state index in [1.165, 1.54) is 37.1 Å². The summed E-state index contributed by atoms with van der Waals surface area (Å²) < 4.78 is 67.0. The molecule has 0 bridgehead atoms. The predicted molar refractivity (Wildman–Crippen MR) is 162 cm³/mol. The maximum absolute atomic E-state index is 13.8. The van der Waals surface area contributed by atoms with Crippen LogP contribution in [0, 0.1) is 5.41 Å². The van der Waals surface area contributed by atoms with Gasteiger partial charge >= 0.3 is 6.18 Å². The molecule has 2 aromatic rings. The fourth-order valence-corrected chi connectivity index (χ4v) is 8.49. The molecule has 6 rings (SSSR count). The molecule has 1 saturated heterocycles. The van der Waals surface area contributed by atoms with Crippen LogP contribution >= 0.6 is 0 Å². The molecule has 2 fully saturated rings. The van der Waals surface area contributed by atoms with Gasteiger partial charge in [-0.2, -0.15) is 13.2 Å². The lowest BCUT2D eigenvalue weighted by atomic mass is 9.73. The molecule has 0 amide bonds. The molecule has 3 heterocycles. The van der Waals surface area contributed by atoms with Crippen LogP contribution in [0.4, 0.5) is 13.2 Å². The zero-order valence-electron chi connectivity index (χ0n) is 26.8. The van der Waals surface area contributed by atoms with Gasteiger partial charge in [-0.05, 0) is 78.4 Å². The summed E-state index contributed by atoms with van der Waals surface area (Å²) >= 11 is 0. The largest absolute Gasteiger partial charge is 0.496 e. The normalized spacial score (nSPS) is 24.4. The zero-order chi connectivity index (χ0) is 31.2. The van der Waals surface area contributed by atoms with Crippen molar-refractivity contribution in [2.75, 3.05) is 20.3 Å². The standard InChI is InChI=1S/C34H46F3NO4Si/c1-20(2)29-27-28(26-23(38-29)18-32(11-12-32)19-25(26)42-43(7,8)31(3,4)5)33(13-15-40-16-14-33)41-30(27)21-9-10-22(34(35,36)37)24(17-21)39-6/h9-10,17,20,25,30H,11-16,18-19H2,1-8H3/t25-,30+/m0/s1. The third-order valence-corrected chi connectivity index (χ3v) is 15.3. The fraction of sp³-hybridized carbons (Fsp3) is 0.676. The molecular formula is C34H46F3NO4Si. The maximum Gasteiger partial charge on any atom is 0.419 e. The lowest BCUT2D eigenvalue weighted by Gasteiger charge is -2.44. The predicted octanol–water partition coefficient (Wildman–Crippen LogP) is 9.15. The second-order valence-corrected chi connectivity index (χ2v) is 19.9. The number of methoxy groups -OCH3 is 1. The van der Waals surface area contributed by atoms with Crippen LogP contribution in [0.2, 0.25) is 18.1 Å². The van der Waals surface area contributed by atoms with Gasteiger partial charge in [0.1, 0.15) is 11.9 Å². The first-order chi connectivity index (χ1) is 20.0. The lowest BCUT2D eigenvalue weighted by Crippen LogP contribution is -2.44. The molecule has 2 aliphatic carbocycles. The molecule has 0 radical (unpaired) electrons. The maximum atomic E-state index is 13.8. The first-order valence-corrected chi connectivity index (χ1v) is 18.7. The van der Waals surface area contributed by atoms with Gasteiger partial charge in [-0.1, -0.05) is 40.7 Å². The summed E-state index contributed by atoms with van der Waals surface area (Å²) in [7, 11) is -0.875.